The van der Waals surface area contributed by atoms with Gasteiger partial charge >= 0.3 is 23.1 Å². The number of hydrogen-bond acceptors (Lipinski definition) is 0. The third-order valence-electron chi connectivity index (χ3n) is 2.06. The van der Waals surface area contributed by atoms with Gasteiger partial charge in [0.25, 0.3) is 0 Å². The molecule has 42 valence electrons. The second-order valence-corrected chi connectivity index (χ2v) is 2.56. The van der Waals surface area contributed by atoms with Gasteiger partial charge in [-0.2, -0.15) is 19.3 Å². The molecule has 2 bridgehead atoms. The average Bonchev–Trinajstić information content (AvgIpc) is 1.72. The second-order valence-electron chi connectivity index (χ2n) is 2.56. The van der Waals surface area contributed by atoms with Crippen LogP contribution in [0.2, 0.25) is 0 Å². The van der Waals surface area contributed by atoms with Gasteiger partial charge in [0.2, 0.25) is 0 Å². The fourth-order valence-electron chi connectivity index (χ4n) is 1.57. The van der Waals surface area contributed by atoms with Crippen LogP contribution in [0.1, 0.15) is 25.7 Å². The summed E-state index contributed by atoms with van der Waals surface area (Å²) >= 11 is 0. The Labute approximate surface area is 77.3 Å². The van der Waals surface area contributed by atoms with E-state index >= 15 is 0 Å². The molecule has 0 aliphatic heterocycles. The molecule has 3 rings (SSSR count). The van der Waals surface area contributed by atoms with E-state index in [1.54, 1.807) is 0 Å². The van der Waals surface area contributed by atoms with Gasteiger partial charge in [-0.05, 0) is 0 Å². The first-order valence-corrected chi connectivity index (χ1v) is 2.79. The van der Waals surface area contributed by atoms with Gasteiger partial charge in [0.05, 0.1) is 0 Å². The molecule has 2 heteroatoms. The van der Waals surface area contributed by atoms with E-state index < -0.39 is 0 Å². The molecule has 0 saturated heterocycles. The number of halogens is 1. The fraction of sp³-hybridized carbons (Fsp3) is 0.833. The Morgan fingerprint density at radius 1 is 1.25 bits per heavy atom. The van der Waals surface area contributed by atoms with Gasteiger partial charge in [0.1, 0.15) is 0 Å². The zero-order valence-electron chi connectivity index (χ0n) is 4.99. The molecule has 3 saturated carbocycles. The van der Waals surface area contributed by atoms with Gasteiger partial charge < -0.3 is 22.9 Å². The topological polar surface area (TPSA) is 0 Å². The molecule has 8 heavy (non-hydrogen) atoms. The van der Waals surface area contributed by atoms with Crippen LogP contribution in [-0.4, -0.2) is 23.1 Å². The van der Waals surface area contributed by atoms with Crippen molar-refractivity contribution in [3.8, 4) is 0 Å². The number of fused-ring (bicyclic) bond motifs is 1. The summed E-state index contributed by atoms with van der Waals surface area (Å²) in [5.74, 6) is 3.00. The van der Waals surface area contributed by atoms with E-state index in [2.05, 4.69) is 0 Å². The van der Waals surface area contributed by atoms with Crippen molar-refractivity contribution in [2.24, 2.45) is 5.92 Å². The Morgan fingerprint density at radius 3 is 2.00 bits per heavy atom. The van der Waals surface area contributed by atoms with Crippen LogP contribution in [-0.2, 0) is 0 Å². The summed E-state index contributed by atoms with van der Waals surface area (Å²) in [6, 6.07) is 0. The Kier molecular flexibility index (Phi) is 3.96. The molecule has 0 aromatic rings. The summed E-state index contributed by atoms with van der Waals surface area (Å²) in [6.07, 6.45) is 6.00. The van der Waals surface area contributed by atoms with E-state index in [0.717, 1.165) is 5.92 Å². The molecule has 0 N–H and O–H groups in total. The first kappa shape index (κ1) is 9.25. The van der Waals surface area contributed by atoms with Gasteiger partial charge in [-0.15, -0.1) is 0 Å². The van der Waals surface area contributed by atoms with Gasteiger partial charge in [0.15, 0.2) is 0 Å². The predicted molar refractivity (Wildman–Crippen MR) is 31.0 cm³/mol. The van der Waals surface area contributed by atoms with E-state index in [0.29, 0.717) is 0 Å². The largest absolute Gasteiger partial charge is 2.00 e. The average molecular weight is 185 g/mol. The van der Waals surface area contributed by atoms with Crippen LogP contribution in [0.5, 0.6) is 0 Å². The molecule has 0 unspecified atom stereocenters. The Hall–Kier alpha value is 1.25. The standard InChI is InChI=1S/C6H9.BrH.Mg/c1-2-6-3-5(1)4-6;;/h5H,1-4H2;1H;/q-1;;+2/p-1. The van der Waals surface area contributed by atoms with Crippen LogP contribution in [0, 0.1) is 11.8 Å². The van der Waals surface area contributed by atoms with Crippen molar-refractivity contribution in [2.45, 2.75) is 25.7 Å². The summed E-state index contributed by atoms with van der Waals surface area (Å²) in [5, 5.41) is 0. The van der Waals surface area contributed by atoms with Crippen molar-refractivity contribution >= 4 is 23.1 Å². The van der Waals surface area contributed by atoms with Crippen molar-refractivity contribution < 1.29 is 17.0 Å². The number of rotatable bonds is 0. The van der Waals surface area contributed by atoms with Crippen molar-refractivity contribution in [2.75, 3.05) is 0 Å². The maximum atomic E-state index is 1.85. The third kappa shape index (κ3) is 1.39. The summed E-state index contributed by atoms with van der Waals surface area (Å²) < 4.78 is 0. The Morgan fingerprint density at radius 2 is 1.88 bits per heavy atom. The van der Waals surface area contributed by atoms with Gasteiger partial charge in [-0.1, -0.05) is 12.3 Å². The molecular formula is C6H9BrMg. The Balaban J connectivity index is 0.000000245. The van der Waals surface area contributed by atoms with E-state index in [1.165, 1.54) is 25.7 Å². The van der Waals surface area contributed by atoms with Gasteiger partial charge in [-0.25, -0.2) is 0 Å². The van der Waals surface area contributed by atoms with Crippen LogP contribution in [0.15, 0.2) is 0 Å². The van der Waals surface area contributed by atoms with Gasteiger partial charge in [0, 0.05) is 0 Å². The van der Waals surface area contributed by atoms with E-state index in [1.807, 2.05) is 5.92 Å². The van der Waals surface area contributed by atoms with Gasteiger partial charge in [-0.3, -0.25) is 0 Å². The zero-order valence-corrected chi connectivity index (χ0v) is 7.99. The molecule has 0 spiro atoms. The van der Waals surface area contributed by atoms with Crippen LogP contribution < -0.4 is 17.0 Å². The summed E-state index contributed by atoms with van der Waals surface area (Å²) in [6.45, 7) is 0. The van der Waals surface area contributed by atoms with Crippen LogP contribution in [0.4, 0.5) is 0 Å². The second kappa shape index (κ2) is 3.42. The minimum absolute atomic E-state index is 0. The third-order valence-corrected chi connectivity index (χ3v) is 2.06. The van der Waals surface area contributed by atoms with E-state index in [-0.39, 0.29) is 40.0 Å². The van der Waals surface area contributed by atoms with Crippen LogP contribution >= 0.6 is 0 Å². The first-order valence-electron chi connectivity index (χ1n) is 2.79. The first-order chi connectivity index (χ1) is 2.95. The Bertz CT molecular complexity index is 55.4. The van der Waals surface area contributed by atoms with Crippen LogP contribution in [0.25, 0.3) is 0 Å². The maximum Gasteiger partial charge on any atom is 2.00 e. The van der Waals surface area contributed by atoms with Crippen molar-refractivity contribution in [1.29, 1.82) is 0 Å². The molecule has 0 radical (unpaired) electrons. The number of hydrogen-bond donors (Lipinski definition) is 0. The SMILES string of the molecule is C1CC2C[C-]1C2.[Br-].[Mg+2]. The smallest absolute Gasteiger partial charge is 1.00 e. The molecule has 0 amide bonds. The molecule has 3 fully saturated rings. The summed E-state index contributed by atoms with van der Waals surface area (Å²) in [4.78, 5) is 0. The molecule has 0 heterocycles. The molecule has 0 nitrogen and oxygen atoms in total. The van der Waals surface area contributed by atoms with E-state index in [4.69, 9.17) is 0 Å². The molecule has 3 aliphatic carbocycles. The normalized spacial score (nSPS) is 25.5. The molecule has 0 aromatic heterocycles. The quantitative estimate of drug-likeness (QED) is 0.315. The molecule has 3 aliphatic rings. The zero-order chi connectivity index (χ0) is 3.98. The summed E-state index contributed by atoms with van der Waals surface area (Å²) in [5.41, 5.74) is 0. The van der Waals surface area contributed by atoms with Crippen molar-refractivity contribution in [3.63, 3.8) is 0 Å². The van der Waals surface area contributed by atoms with E-state index in [9.17, 15) is 0 Å². The molecule has 0 atom stereocenters. The predicted octanol–water partition coefficient (Wildman–Crippen LogP) is -1.61. The monoisotopic (exact) mass is 184 g/mol. The molecule has 0 aromatic carbocycles. The van der Waals surface area contributed by atoms with Crippen molar-refractivity contribution in [1.82, 2.24) is 0 Å². The van der Waals surface area contributed by atoms with Crippen molar-refractivity contribution in [3.05, 3.63) is 5.92 Å². The van der Waals surface area contributed by atoms with Crippen LogP contribution in [0.3, 0.4) is 0 Å². The minimum atomic E-state index is 0. The minimum Gasteiger partial charge on any atom is -1.00 e. The maximum absolute atomic E-state index is 1.85. The fourth-order valence-corrected chi connectivity index (χ4v) is 1.57. The molecular weight excluding hydrogens is 176 g/mol. The summed E-state index contributed by atoms with van der Waals surface area (Å²) in [7, 11) is 0.